The zero-order chi connectivity index (χ0) is 15.1. The van der Waals surface area contributed by atoms with Crippen molar-refractivity contribution in [3.8, 4) is 0 Å². The van der Waals surface area contributed by atoms with Gasteiger partial charge >= 0.3 is 0 Å². The van der Waals surface area contributed by atoms with Gasteiger partial charge in [0.25, 0.3) is 5.91 Å². The third-order valence-electron chi connectivity index (χ3n) is 3.14. The number of para-hydroxylation sites is 1. The summed E-state index contributed by atoms with van der Waals surface area (Å²) in [5, 5.41) is 5.57. The average Bonchev–Trinajstić information content (AvgIpc) is 2.46. The lowest BCUT2D eigenvalue weighted by atomic mass is 10.1. The Bertz CT molecular complexity index is 477. The molecule has 0 heterocycles. The number of carbonyl (C=O) groups excluding carboxylic acids is 2. The Hall–Kier alpha value is -1.49. The summed E-state index contributed by atoms with van der Waals surface area (Å²) in [6.45, 7) is 5.80. The van der Waals surface area contributed by atoms with Crippen molar-refractivity contribution in [1.29, 1.82) is 0 Å². The molecule has 2 N–H and O–H groups in total. The van der Waals surface area contributed by atoms with Crippen molar-refractivity contribution >= 4 is 29.3 Å². The number of nitrogens with one attached hydrogen (secondary N) is 2. The maximum absolute atomic E-state index is 12.2. The van der Waals surface area contributed by atoms with Crippen molar-refractivity contribution in [2.24, 2.45) is 0 Å². The number of hydrogen-bond acceptors (Lipinski definition) is 3. The monoisotopic (exact) mass is 294 g/mol. The van der Waals surface area contributed by atoms with Gasteiger partial charge in [-0.3, -0.25) is 9.59 Å². The van der Waals surface area contributed by atoms with E-state index in [1.807, 2.05) is 27.0 Å². The van der Waals surface area contributed by atoms with Gasteiger partial charge in [0.1, 0.15) is 0 Å². The predicted molar refractivity (Wildman–Crippen MR) is 85.3 cm³/mol. The number of hydrogen-bond donors (Lipinski definition) is 2. The van der Waals surface area contributed by atoms with E-state index >= 15 is 0 Å². The summed E-state index contributed by atoms with van der Waals surface area (Å²) in [5.41, 5.74) is 1.05. The Labute approximate surface area is 124 Å². The van der Waals surface area contributed by atoms with Gasteiger partial charge in [-0.2, -0.15) is 11.8 Å². The van der Waals surface area contributed by atoms with Gasteiger partial charge in [0.15, 0.2) is 0 Å². The van der Waals surface area contributed by atoms with Gasteiger partial charge in [-0.15, -0.1) is 0 Å². The molecule has 0 radical (unpaired) electrons. The van der Waals surface area contributed by atoms with Crippen LogP contribution in [-0.4, -0.2) is 29.4 Å². The van der Waals surface area contributed by atoms with E-state index in [-0.39, 0.29) is 23.1 Å². The third-order valence-corrected chi connectivity index (χ3v) is 4.06. The van der Waals surface area contributed by atoms with Crippen LogP contribution < -0.4 is 10.6 Å². The fraction of sp³-hybridized carbons (Fsp3) is 0.467. The molecule has 5 heteroatoms. The number of rotatable bonds is 6. The molecule has 1 rings (SSSR count). The Kier molecular flexibility index (Phi) is 6.58. The van der Waals surface area contributed by atoms with Crippen LogP contribution in [0.1, 0.15) is 37.6 Å². The fourth-order valence-corrected chi connectivity index (χ4v) is 1.81. The number of thioether (sulfide) groups is 1. The zero-order valence-corrected chi connectivity index (χ0v) is 13.2. The molecular formula is C15H22N2O2S. The normalized spacial score (nSPS) is 13.4. The first kappa shape index (κ1) is 16.6. The van der Waals surface area contributed by atoms with Gasteiger partial charge in [0, 0.05) is 6.04 Å². The van der Waals surface area contributed by atoms with Crippen LogP contribution in [0.3, 0.4) is 0 Å². The lowest BCUT2D eigenvalue weighted by Gasteiger charge is -2.15. The molecule has 20 heavy (non-hydrogen) atoms. The van der Waals surface area contributed by atoms with Gasteiger partial charge in [-0.1, -0.05) is 19.1 Å². The van der Waals surface area contributed by atoms with Crippen LogP contribution in [0.4, 0.5) is 5.69 Å². The van der Waals surface area contributed by atoms with Crippen LogP contribution in [-0.2, 0) is 4.79 Å². The molecule has 1 aromatic rings. The fourth-order valence-electron chi connectivity index (χ4n) is 1.54. The highest BCUT2D eigenvalue weighted by molar-refractivity contribution is 7.99. The molecular weight excluding hydrogens is 272 g/mol. The van der Waals surface area contributed by atoms with Crippen LogP contribution in [0.2, 0.25) is 0 Å². The van der Waals surface area contributed by atoms with E-state index in [9.17, 15) is 9.59 Å². The van der Waals surface area contributed by atoms with Crippen LogP contribution >= 0.6 is 11.8 Å². The van der Waals surface area contributed by atoms with Crippen LogP contribution in [0.25, 0.3) is 0 Å². The molecule has 2 amide bonds. The van der Waals surface area contributed by atoms with Crippen LogP contribution in [0.15, 0.2) is 24.3 Å². The second kappa shape index (κ2) is 7.94. The van der Waals surface area contributed by atoms with Crippen molar-refractivity contribution in [2.45, 2.75) is 38.5 Å². The molecule has 0 aliphatic heterocycles. The van der Waals surface area contributed by atoms with Gasteiger partial charge in [-0.05, 0) is 38.7 Å². The quantitative estimate of drug-likeness (QED) is 0.848. The largest absolute Gasteiger partial charge is 0.350 e. The Morgan fingerprint density at radius 2 is 1.90 bits per heavy atom. The predicted octanol–water partition coefficient (Wildman–Crippen LogP) is 2.90. The van der Waals surface area contributed by atoms with E-state index < -0.39 is 0 Å². The molecule has 0 fully saturated rings. The highest BCUT2D eigenvalue weighted by atomic mass is 32.2. The molecule has 0 aromatic heterocycles. The molecule has 110 valence electrons. The lowest BCUT2D eigenvalue weighted by Crippen LogP contribution is -2.33. The summed E-state index contributed by atoms with van der Waals surface area (Å²) >= 11 is 1.47. The van der Waals surface area contributed by atoms with Crippen LogP contribution in [0, 0.1) is 0 Å². The molecule has 0 saturated heterocycles. The smallest absolute Gasteiger partial charge is 0.253 e. The van der Waals surface area contributed by atoms with E-state index in [1.165, 1.54) is 11.8 Å². The summed E-state index contributed by atoms with van der Waals surface area (Å²) in [6, 6.07) is 7.17. The summed E-state index contributed by atoms with van der Waals surface area (Å²) in [5.74, 6) is -0.256. The standard InChI is InChI=1S/C15H22N2O2S/c1-5-10(2)16-15(19)12-8-6-7-9-13(12)17-14(18)11(3)20-4/h6-11H,5H2,1-4H3,(H,16,19)(H,17,18). The Morgan fingerprint density at radius 1 is 1.25 bits per heavy atom. The van der Waals surface area contributed by atoms with Gasteiger partial charge in [-0.25, -0.2) is 0 Å². The molecule has 4 nitrogen and oxygen atoms in total. The molecule has 0 aliphatic rings. The highest BCUT2D eigenvalue weighted by Gasteiger charge is 2.17. The van der Waals surface area contributed by atoms with E-state index in [0.717, 1.165) is 6.42 Å². The van der Waals surface area contributed by atoms with Gasteiger partial charge in [0.2, 0.25) is 5.91 Å². The Morgan fingerprint density at radius 3 is 2.50 bits per heavy atom. The Balaban J connectivity index is 2.88. The molecule has 1 aromatic carbocycles. The van der Waals surface area contributed by atoms with E-state index in [1.54, 1.807) is 24.3 Å². The summed E-state index contributed by atoms with van der Waals surface area (Å²) in [4.78, 5) is 24.1. The summed E-state index contributed by atoms with van der Waals surface area (Å²) in [7, 11) is 0. The molecule has 0 aliphatic carbocycles. The maximum Gasteiger partial charge on any atom is 0.253 e. The van der Waals surface area contributed by atoms with Gasteiger partial charge in [0.05, 0.1) is 16.5 Å². The summed E-state index contributed by atoms with van der Waals surface area (Å²) in [6.07, 6.45) is 2.75. The van der Waals surface area contributed by atoms with E-state index in [2.05, 4.69) is 10.6 Å². The number of amides is 2. The maximum atomic E-state index is 12.2. The first-order valence-corrected chi connectivity index (χ1v) is 8.01. The van der Waals surface area contributed by atoms with Crippen LogP contribution in [0.5, 0.6) is 0 Å². The minimum absolute atomic E-state index is 0.0960. The molecule has 2 unspecified atom stereocenters. The first-order chi connectivity index (χ1) is 9.49. The van der Waals surface area contributed by atoms with Crippen molar-refractivity contribution in [2.75, 3.05) is 11.6 Å². The number of anilines is 1. The highest BCUT2D eigenvalue weighted by Crippen LogP contribution is 2.17. The van der Waals surface area contributed by atoms with Crippen molar-refractivity contribution in [3.63, 3.8) is 0 Å². The number of benzene rings is 1. The van der Waals surface area contributed by atoms with Crippen molar-refractivity contribution in [3.05, 3.63) is 29.8 Å². The molecule has 0 bridgehead atoms. The number of carbonyl (C=O) groups is 2. The average molecular weight is 294 g/mol. The topological polar surface area (TPSA) is 58.2 Å². The minimum Gasteiger partial charge on any atom is -0.350 e. The van der Waals surface area contributed by atoms with Crippen molar-refractivity contribution < 1.29 is 9.59 Å². The lowest BCUT2D eigenvalue weighted by molar-refractivity contribution is -0.115. The van der Waals surface area contributed by atoms with E-state index in [4.69, 9.17) is 0 Å². The molecule has 0 saturated carbocycles. The first-order valence-electron chi connectivity index (χ1n) is 6.73. The molecule has 2 atom stereocenters. The zero-order valence-electron chi connectivity index (χ0n) is 12.4. The van der Waals surface area contributed by atoms with Gasteiger partial charge < -0.3 is 10.6 Å². The summed E-state index contributed by atoms with van der Waals surface area (Å²) < 4.78 is 0. The minimum atomic E-state index is -0.160. The second-order valence-corrected chi connectivity index (χ2v) is 5.87. The second-order valence-electron chi connectivity index (χ2n) is 4.70. The third kappa shape index (κ3) is 4.56. The van der Waals surface area contributed by atoms with Crippen molar-refractivity contribution in [1.82, 2.24) is 5.32 Å². The molecule has 0 spiro atoms. The van der Waals surface area contributed by atoms with E-state index in [0.29, 0.717) is 11.3 Å². The SMILES string of the molecule is CCC(C)NC(=O)c1ccccc1NC(=O)C(C)SC.